The summed E-state index contributed by atoms with van der Waals surface area (Å²) in [6.45, 7) is 4.42. The van der Waals surface area contributed by atoms with Gasteiger partial charge in [0.25, 0.3) is 0 Å². The van der Waals surface area contributed by atoms with Crippen LogP contribution in [0.2, 0.25) is 0 Å². The third-order valence-electron chi connectivity index (χ3n) is 3.63. The molecule has 1 amide bonds. The molecule has 0 saturated carbocycles. The van der Waals surface area contributed by atoms with Crippen molar-refractivity contribution < 1.29 is 18.0 Å². The van der Waals surface area contributed by atoms with Crippen molar-refractivity contribution in [1.82, 2.24) is 9.21 Å². The highest BCUT2D eigenvalue weighted by Gasteiger charge is 2.29. The number of sulfonamides is 1. The van der Waals surface area contributed by atoms with Crippen molar-refractivity contribution in [2.75, 3.05) is 26.2 Å². The van der Waals surface area contributed by atoms with Crippen molar-refractivity contribution in [3.63, 3.8) is 0 Å². The third kappa shape index (κ3) is 3.14. The highest BCUT2D eigenvalue weighted by atomic mass is 32.2. The average Bonchev–Trinajstić information content (AvgIpc) is 2.47. The predicted molar refractivity (Wildman–Crippen MR) is 77.6 cm³/mol. The molecular weight excluding hydrogens is 292 g/mol. The molecule has 1 aliphatic rings. The van der Waals surface area contributed by atoms with E-state index in [0.717, 1.165) is 6.41 Å². The van der Waals surface area contributed by atoms with E-state index in [1.54, 1.807) is 24.0 Å². The number of rotatable bonds is 4. The number of carbonyl (C=O) groups is 2. The summed E-state index contributed by atoms with van der Waals surface area (Å²) in [5, 5.41) is 0. The summed E-state index contributed by atoms with van der Waals surface area (Å²) < 4.78 is 26.7. The predicted octanol–water partition coefficient (Wildman–Crippen LogP) is 0.660. The molecule has 2 rings (SSSR count). The van der Waals surface area contributed by atoms with Crippen LogP contribution in [-0.4, -0.2) is 56.0 Å². The Morgan fingerprint density at radius 3 is 2.33 bits per heavy atom. The maximum Gasteiger partial charge on any atom is 0.243 e. The van der Waals surface area contributed by atoms with Crippen LogP contribution in [0.3, 0.4) is 0 Å². The van der Waals surface area contributed by atoms with Crippen LogP contribution in [0.5, 0.6) is 0 Å². The van der Waals surface area contributed by atoms with E-state index in [4.69, 9.17) is 0 Å². The number of nitrogens with zero attached hydrogens (tertiary/aromatic N) is 2. The van der Waals surface area contributed by atoms with Gasteiger partial charge in [-0.05, 0) is 25.5 Å². The second-order valence-electron chi connectivity index (χ2n) is 5.08. The molecule has 0 unspecified atom stereocenters. The molecule has 114 valence electrons. The van der Waals surface area contributed by atoms with E-state index in [2.05, 4.69) is 0 Å². The second-order valence-corrected chi connectivity index (χ2v) is 6.99. The van der Waals surface area contributed by atoms with Gasteiger partial charge in [-0.3, -0.25) is 9.59 Å². The Labute approximate surface area is 124 Å². The standard InChI is InChI=1S/C14H18N2O4S/c1-11-3-4-13(12(2)18)9-14(11)21(19,20)16-7-5-15(10-17)6-8-16/h3-4,9-10H,5-8H2,1-2H3. The highest BCUT2D eigenvalue weighted by Crippen LogP contribution is 2.22. The molecule has 1 aliphatic heterocycles. The molecule has 0 aliphatic carbocycles. The Hall–Kier alpha value is -1.73. The Balaban J connectivity index is 2.34. The number of carbonyl (C=O) groups excluding carboxylic acids is 2. The van der Waals surface area contributed by atoms with E-state index in [1.165, 1.54) is 17.3 Å². The Kier molecular flexibility index (Phi) is 4.43. The van der Waals surface area contributed by atoms with Gasteiger partial charge in [0, 0.05) is 31.7 Å². The van der Waals surface area contributed by atoms with Crippen molar-refractivity contribution in [3.05, 3.63) is 29.3 Å². The number of ketones is 1. The lowest BCUT2D eigenvalue weighted by Crippen LogP contribution is -2.48. The first-order chi connectivity index (χ1) is 9.86. The number of benzene rings is 1. The van der Waals surface area contributed by atoms with Gasteiger partial charge in [0.15, 0.2) is 5.78 Å². The largest absolute Gasteiger partial charge is 0.343 e. The lowest BCUT2D eigenvalue weighted by molar-refractivity contribution is -0.119. The Bertz CT molecular complexity index is 662. The first kappa shape index (κ1) is 15.7. The maximum absolute atomic E-state index is 12.7. The topological polar surface area (TPSA) is 74.8 Å². The van der Waals surface area contributed by atoms with Gasteiger partial charge in [-0.2, -0.15) is 4.31 Å². The first-order valence-electron chi connectivity index (χ1n) is 6.67. The molecule has 0 atom stereocenters. The number of piperazine rings is 1. The molecule has 21 heavy (non-hydrogen) atoms. The smallest absolute Gasteiger partial charge is 0.243 e. The van der Waals surface area contributed by atoms with Crippen LogP contribution < -0.4 is 0 Å². The third-order valence-corrected chi connectivity index (χ3v) is 5.68. The summed E-state index contributed by atoms with van der Waals surface area (Å²) in [6.07, 6.45) is 0.728. The fraction of sp³-hybridized carbons (Fsp3) is 0.429. The van der Waals surface area contributed by atoms with Gasteiger partial charge in [-0.15, -0.1) is 0 Å². The fourth-order valence-corrected chi connectivity index (χ4v) is 3.96. The van der Waals surface area contributed by atoms with Gasteiger partial charge >= 0.3 is 0 Å². The minimum Gasteiger partial charge on any atom is -0.343 e. The van der Waals surface area contributed by atoms with Gasteiger partial charge in [-0.1, -0.05) is 12.1 Å². The lowest BCUT2D eigenvalue weighted by atomic mass is 10.1. The van der Waals surface area contributed by atoms with Gasteiger partial charge in [0.05, 0.1) is 4.90 Å². The molecule has 7 heteroatoms. The summed E-state index contributed by atoms with van der Waals surface area (Å²) in [4.78, 5) is 23.8. The van der Waals surface area contributed by atoms with E-state index < -0.39 is 10.0 Å². The molecular formula is C14H18N2O4S. The molecule has 1 aromatic carbocycles. The summed E-state index contributed by atoms with van der Waals surface area (Å²) in [5.74, 6) is -0.169. The lowest BCUT2D eigenvalue weighted by Gasteiger charge is -2.32. The SMILES string of the molecule is CC(=O)c1ccc(C)c(S(=O)(=O)N2CCN(C=O)CC2)c1. The van der Waals surface area contributed by atoms with E-state index in [-0.39, 0.29) is 23.8 Å². The molecule has 1 heterocycles. The van der Waals surface area contributed by atoms with Crippen molar-refractivity contribution in [2.45, 2.75) is 18.7 Å². The molecule has 1 saturated heterocycles. The van der Waals surface area contributed by atoms with Gasteiger partial charge in [0.1, 0.15) is 0 Å². The van der Waals surface area contributed by atoms with E-state index >= 15 is 0 Å². The monoisotopic (exact) mass is 310 g/mol. The van der Waals surface area contributed by atoms with Crippen LogP contribution in [0, 0.1) is 6.92 Å². The van der Waals surface area contributed by atoms with Gasteiger partial charge in [0.2, 0.25) is 16.4 Å². The second kappa shape index (κ2) is 5.95. The molecule has 0 N–H and O–H groups in total. The number of hydrogen-bond acceptors (Lipinski definition) is 4. The van der Waals surface area contributed by atoms with Crippen LogP contribution in [-0.2, 0) is 14.8 Å². The molecule has 1 aromatic rings. The van der Waals surface area contributed by atoms with E-state index in [1.807, 2.05) is 0 Å². The van der Waals surface area contributed by atoms with Crippen molar-refractivity contribution in [1.29, 1.82) is 0 Å². The minimum atomic E-state index is -3.64. The number of hydrogen-bond donors (Lipinski definition) is 0. The summed E-state index contributed by atoms with van der Waals surface area (Å²) in [5.41, 5.74) is 0.989. The molecule has 0 bridgehead atoms. The summed E-state index contributed by atoms with van der Waals surface area (Å²) in [7, 11) is -3.64. The molecule has 6 nitrogen and oxygen atoms in total. The number of amides is 1. The summed E-state index contributed by atoms with van der Waals surface area (Å²) >= 11 is 0. The Morgan fingerprint density at radius 2 is 1.81 bits per heavy atom. The zero-order valence-corrected chi connectivity index (χ0v) is 12.9. The quantitative estimate of drug-likeness (QED) is 0.605. The fourth-order valence-electron chi connectivity index (χ4n) is 2.29. The van der Waals surface area contributed by atoms with Crippen molar-refractivity contribution in [3.8, 4) is 0 Å². The van der Waals surface area contributed by atoms with Gasteiger partial charge in [-0.25, -0.2) is 8.42 Å². The zero-order chi connectivity index (χ0) is 15.6. The van der Waals surface area contributed by atoms with Crippen molar-refractivity contribution >= 4 is 22.2 Å². The van der Waals surface area contributed by atoms with E-state index in [0.29, 0.717) is 24.2 Å². The number of aryl methyl sites for hydroxylation is 1. The molecule has 0 aromatic heterocycles. The number of Topliss-reactive ketones (excluding diaryl/α,β-unsaturated/α-hetero) is 1. The van der Waals surface area contributed by atoms with Crippen LogP contribution in [0.4, 0.5) is 0 Å². The van der Waals surface area contributed by atoms with Crippen LogP contribution >= 0.6 is 0 Å². The maximum atomic E-state index is 12.7. The van der Waals surface area contributed by atoms with Gasteiger partial charge < -0.3 is 4.90 Å². The van der Waals surface area contributed by atoms with Crippen LogP contribution in [0.25, 0.3) is 0 Å². The normalized spacial score (nSPS) is 16.8. The average molecular weight is 310 g/mol. The van der Waals surface area contributed by atoms with E-state index in [9.17, 15) is 18.0 Å². The summed E-state index contributed by atoms with van der Waals surface area (Å²) in [6, 6.07) is 4.70. The molecule has 1 fully saturated rings. The van der Waals surface area contributed by atoms with Crippen LogP contribution in [0.1, 0.15) is 22.8 Å². The minimum absolute atomic E-state index is 0.162. The molecule has 0 spiro atoms. The highest BCUT2D eigenvalue weighted by molar-refractivity contribution is 7.89. The zero-order valence-electron chi connectivity index (χ0n) is 12.1. The van der Waals surface area contributed by atoms with Crippen LogP contribution in [0.15, 0.2) is 23.1 Å². The first-order valence-corrected chi connectivity index (χ1v) is 8.11. The van der Waals surface area contributed by atoms with Crippen molar-refractivity contribution in [2.24, 2.45) is 0 Å². The molecule has 0 radical (unpaired) electrons. The Morgan fingerprint density at radius 1 is 1.19 bits per heavy atom.